The summed E-state index contributed by atoms with van der Waals surface area (Å²) < 4.78 is 10.9. The van der Waals surface area contributed by atoms with Gasteiger partial charge in [0.2, 0.25) is 11.8 Å². The smallest absolute Gasteiger partial charge is 0.233 e. The molecule has 1 aromatic carbocycles. The van der Waals surface area contributed by atoms with E-state index in [1.165, 1.54) is 4.90 Å². The van der Waals surface area contributed by atoms with Crippen molar-refractivity contribution in [3.05, 3.63) is 18.2 Å². The van der Waals surface area contributed by atoms with Crippen LogP contribution in [0.15, 0.2) is 18.2 Å². The maximum Gasteiger partial charge on any atom is 0.233 e. The first-order valence-electron chi connectivity index (χ1n) is 6.01. The fourth-order valence-electron chi connectivity index (χ4n) is 2.21. The highest BCUT2D eigenvalue weighted by Crippen LogP contribution is 2.35. The summed E-state index contributed by atoms with van der Waals surface area (Å²) in [5, 5.41) is 0. The second-order valence-corrected chi connectivity index (χ2v) is 4.30. The molecule has 0 aliphatic carbocycles. The highest BCUT2D eigenvalue weighted by atomic mass is 16.6. The molecule has 0 radical (unpaired) electrons. The predicted octanol–water partition coefficient (Wildman–Crippen LogP) is 1.50. The summed E-state index contributed by atoms with van der Waals surface area (Å²) in [5.74, 6) is 0.942. The van der Waals surface area contributed by atoms with E-state index in [0.29, 0.717) is 49.7 Å². The number of carbonyl (C=O) groups excluding carboxylic acids is 2. The van der Waals surface area contributed by atoms with Gasteiger partial charge in [-0.15, -0.1) is 0 Å². The molecule has 5 nitrogen and oxygen atoms in total. The van der Waals surface area contributed by atoms with E-state index in [4.69, 9.17) is 9.47 Å². The molecule has 0 atom stereocenters. The van der Waals surface area contributed by atoms with E-state index in [2.05, 4.69) is 0 Å². The van der Waals surface area contributed by atoms with Crippen molar-refractivity contribution in [2.75, 3.05) is 18.1 Å². The number of amides is 2. The van der Waals surface area contributed by atoms with Gasteiger partial charge in [0.15, 0.2) is 11.5 Å². The predicted molar refractivity (Wildman–Crippen MR) is 63.8 cm³/mol. The van der Waals surface area contributed by atoms with Crippen LogP contribution in [0.5, 0.6) is 11.5 Å². The number of hydrogen-bond donors (Lipinski definition) is 0. The van der Waals surface area contributed by atoms with Gasteiger partial charge in [0, 0.05) is 18.9 Å². The minimum Gasteiger partial charge on any atom is -0.486 e. The Hall–Kier alpha value is -2.04. The molecule has 0 bridgehead atoms. The Morgan fingerprint density at radius 3 is 2.33 bits per heavy atom. The zero-order valence-electron chi connectivity index (χ0n) is 9.85. The highest BCUT2D eigenvalue weighted by molar-refractivity contribution is 6.16. The second kappa shape index (κ2) is 4.33. The molecule has 2 heterocycles. The molecule has 94 valence electrons. The lowest BCUT2D eigenvalue weighted by atomic mass is 10.1. The van der Waals surface area contributed by atoms with Crippen molar-refractivity contribution in [1.82, 2.24) is 0 Å². The lowest BCUT2D eigenvalue weighted by Gasteiger charge is -2.26. The number of anilines is 1. The van der Waals surface area contributed by atoms with Crippen LogP contribution in [0.1, 0.15) is 19.3 Å². The maximum absolute atomic E-state index is 11.8. The molecular formula is C13H13NO4. The largest absolute Gasteiger partial charge is 0.486 e. The van der Waals surface area contributed by atoms with Gasteiger partial charge in [-0.3, -0.25) is 14.5 Å². The van der Waals surface area contributed by atoms with E-state index in [-0.39, 0.29) is 11.8 Å². The Morgan fingerprint density at radius 2 is 1.61 bits per heavy atom. The summed E-state index contributed by atoms with van der Waals surface area (Å²) in [6, 6.07) is 5.14. The van der Waals surface area contributed by atoms with Crippen molar-refractivity contribution in [3.63, 3.8) is 0 Å². The maximum atomic E-state index is 11.8. The van der Waals surface area contributed by atoms with Crippen molar-refractivity contribution in [1.29, 1.82) is 0 Å². The molecule has 3 rings (SSSR count). The summed E-state index contributed by atoms with van der Waals surface area (Å²) in [6.45, 7) is 1.01. The molecule has 2 aliphatic heterocycles. The van der Waals surface area contributed by atoms with Gasteiger partial charge in [0.25, 0.3) is 0 Å². The minimum atomic E-state index is -0.150. The summed E-state index contributed by atoms with van der Waals surface area (Å²) in [5.41, 5.74) is 0.564. The third-order valence-electron chi connectivity index (χ3n) is 3.06. The molecule has 0 saturated carbocycles. The number of hydrogen-bond acceptors (Lipinski definition) is 4. The molecular weight excluding hydrogens is 234 g/mol. The third-order valence-corrected chi connectivity index (χ3v) is 3.06. The fourth-order valence-corrected chi connectivity index (χ4v) is 2.21. The lowest BCUT2D eigenvalue weighted by molar-refractivity contribution is -0.129. The van der Waals surface area contributed by atoms with E-state index in [9.17, 15) is 9.59 Å². The first kappa shape index (κ1) is 11.1. The number of rotatable bonds is 1. The first-order chi connectivity index (χ1) is 8.75. The SMILES string of the molecule is O=C1CCCC(=O)N1c1ccc2c(c1)OCCO2. The molecule has 1 saturated heterocycles. The Labute approximate surface area is 104 Å². The van der Waals surface area contributed by atoms with Crippen LogP contribution in [0.3, 0.4) is 0 Å². The zero-order chi connectivity index (χ0) is 12.5. The van der Waals surface area contributed by atoms with E-state index >= 15 is 0 Å². The standard InChI is InChI=1S/C13H13NO4/c15-12-2-1-3-13(16)14(12)9-4-5-10-11(8-9)18-7-6-17-10/h4-5,8H,1-3,6-7H2. The average molecular weight is 247 g/mol. The Balaban J connectivity index is 1.96. The van der Waals surface area contributed by atoms with Crippen LogP contribution in [0.2, 0.25) is 0 Å². The second-order valence-electron chi connectivity index (χ2n) is 4.30. The molecule has 0 unspecified atom stereocenters. The van der Waals surface area contributed by atoms with Gasteiger partial charge in [0.1, 0.15) is 13.2 Å². The molecule has 18 heavy (non-hydrogen) atoms. The van der Waals surface area contributed by atoms with Gasteiger partial charge in [-0.2, -0.15) is 0 Å². The van der Waals surface area contributed by atoms with Gasteiger partial charge in [-0.25, -0.2) is 0 Å². The average Bonchev–Trinajstić information content (AvgIpc) is 2.38. The van der Waals surface area contributed by atoms with Crippen molar-refractivity contribution >= 4 is 17.5 Å². The van der Waals surface area contributed by atoms with Crippen molar-refractivity contribution in [3.8, 4) is 11.5 Å². The number of nitrogens with zero attached hydrogens (tertiary/aromatic N) is 1. The van der Waals surface area contributed by atoms with Crippen LogP contribution in [0.25, 0.3) is 0 Å². The van der Waals surface area contributed by atoms with Gasteiger partial charge in [0.05, 0.1) is 5.69 Å². The normalized spacial score (nSPS) is 19.0. The zero-order valence-corrected chi connectivity index (χ0v) is 9.85. The van der Waals surface area contributed by atoms with E-state index in [1.54, 1.807) is 18.2 Å². The quantitative estimate of drug-likeness (QED) is 0.706. The number of benzene rings is 1. The molecule has 5 heteroatoms. The summed E-state index contributed by atoms with van der Waals surface area (Å²) >= 11 is 0. The van der Waals surface area contributed by atoms with E-state index in [1.807, 2.05) is 0 Å². The van der Waals surface area contributed by atoms with E-state index < -0.39 is 0 Å². The van der Waals surface area contributed by atoms with Gasteiger partial charge in [-0.1, -0.05) is 0 Å². The number of fused-ring (bicyclic) bond motifs is 1. The third kappa shape index (κ3) is 1.81. The van der Waals surface area contributed by atoms with Crippen LogP contribution in [0.4, 0.5) is 5.69 Å². The molecule has 0 spiro atoms. The van der Waals surface area contributed by atoms with Crippen LogP contribution >= 0.6 is 0 Å². The first-order valence-corrected chi connectivity index (χ1v) is 6.01. The fraction of sp³-hybridized carbons (Fsp3) is 0.385. The van der Waals surface area contributed by atoms with Crippen LogP contribution in [-0.4, -0.2) is 25.0 Å². The topological polar surface area (TPSA) is 55.8 Å². The Morgan fingerprint density at radius 1 is 0.944 bits per heavy atom. The summed E-state index contributed by atoms with van der Waals surface area (Å²) in [4.78, 5) is 24.9. The van der Waals surface area contributed by atoms with Gasteiger partial charge < -0.3 is 9.47 Å². The number of carbonyl (C=O) groups is 2. The minimum absolute atomic E-state index is 0.150. The highest BCUT2D eigenvalue weighted by Gasteiger charge is 2.28. The summed E-state index contributed by atoms with van der Waals surface area (Å²) in [7, 11) is 0. The van der Waals surface area contributed by atoms with Crippen molar-refractivity contribution < 1.29 is 19.1 Å². The molecule has 2 aliphatic rings. The van der Waals surface area contributed by atoms with Gasteiger partial charge in [-0.05, 0) is 18.6 Å². The van der Waals surface area contributed by atoms with Gasteiger partial charge >= 0.3 is 0 Å². The lowest BCUT2D eigenvalue weighted by Crippen LogP contribution is -2.40. The number of ether oxygens (including phenoxy) is 2. The Bertz CT molecular complexity index is 496. The molecule has 1 fully saturated rings. The van der Waals surface area contributed by atoms with Crippen molar-refractivity contribution in [2.24, 2.45) is 0 Å². The van der Waals surface area contributed by atoms with Crippen LogP contribution in [-0.2, 0) is 9.59 Å². The van der Waals surface area contributed by atoms with Crippen LogP contribution < -0.4 is 14.4 Å². The monoisotopic (exact) mass is 247 g/mol. The summed E-state index contributed by atoms with van der Waals surface area (Å²) in [6.07, 6.45) is 1.47. The molecule has 0 N–H and O–H groups in total. The van der Waals surface area contributed by atoms with Crippen molar-refractivity contribution in [2.45, 2.75) is 19.3 Å². The number of piperidine rings is 1. The number of imide groups is 1. The molecule has 2 amide bonds. The molecule has 0 aromatic heterocycles. The van der Waals surface area contributed by atoms with Crippen LogP contribution in [0, 0.1) is 0 Å². The van der Waals surface area contributed by atoms with E-state index in [0.717, 1.165) is 0 Å². The molecule has 1 aromatic rings. The Kier molecular flexibility index (Phi) is 2.66.